The lowest BCUT2D eigenvalue weighted by Crippen LogP contribution is -2.35. The van der Waals surface area contributed by atoms with Gasteiger partial charge in [0, 0.05) is 30.7 Å². The van der Waals surface area contributed by atoms with E-state index < -0.39 is 11.9 Å². The molecule has 0 saturated carbocycles. The summed E-state index contributed by atoms with van der Waals surface area (Å²) >= 11 is 0. The van der Waals surface area contributed by atoms with Crippen LogP contribution in [0.25, 0.3) is 27.8 Å². The molecule has 2 aromatic carbocycles. The first-order chi connectivity index (χ1) is 14.9. The largest absolute Gasteiger partial charge is 0.372 e. The highest BCUT2D eigenvalue weighted by molar-refractivity contribution is 5.95. The molecule has 0 aliphatic carbocycles. The van der Waals surface area contributed by atoms with E-state index in [0.29, 0.717) is 33.5 Å². The van der Waals surface area contributed by atoms with Crippen molar-refractivity contribution in [3.63, 3.8) is 0 Å². The van der Waals surface area contributed by atoms with Crippen molar-refractivity contribution in [2.45, 2.75) is 13.0 Å². The van der Waals surface area contributed by atoms with Gasteiger partial charge in [0.1, 0.15) is 17.6 Å². The molecule has 8 nitrogen and oxygen atoms in total. The number of benzene rings is 2. The van der Waals surface area contributed by atoms with Gasteiger partial charge >= 0.3 is 0 Å². The van der Waals surface area contributed by atoms with E-state index in [0.717, 1.165) is 0 Å². The molecule has 4 aromatic rings. The van der Waals surface area contributed by atoms with Crippen LogP contribution in [0.2, 0.25) is 0 Å². The molecule has 1 amide bonds. The fourth-order valence-corrected chi connectivity index (χ4v) is 3.21. The Morgan fingerprint density at radius 1 is 1.19 bits per heavy atom. The number of ether oxygens (including phenoxy) is 1. The summed E-state index contributed by atoms with van der Waals surface area (Å²) in [5, 5.41) is 8.74. The Labute approximate surface area is 176 Å². The van der Waals surface area contributed by atoms with E-state index in [2.05, 4.69) is 15.3 Å². The molecule has 1 unspecified atom stereocenters. The van der Waals surface area contributed by atoms with Crippen LogP contribution in [-0.4, -0.2) is 46.1 Å². The first-order valence-corrected chi connectivity index (χ1v) is 9.53. The number of rotatable bonds is 5. The first kappa shape index (κ1) is 20.4. The minimum Gasteiger partial charge on any atom is -0.372 e. The van der Waals surface area contributed by atoms with Crippen molar-refractivity contribution in [2.75, 3.05) is 19.1 Å². The third-order valence-corrected chi connectivity index (χ3v) is 5.11. The second-order valence-electron chi connectivity index (χ2n) is 7.08. The minimum absolute atomic E-state index is 0.162. The Hall–Kier alpha value is -3.85. The molecule has 0 aliphatic heterocycles. The predicted molar refractivity (Wildman–Crippen MR) is 115 cm³/mol. The normalized spacial score (nSPS) is 12.1. The number of nitrogens with zero attached hydrogens (tertiary/aromatic N) is 4. The molecule has 2 aromatic heterocycles. The molecule has 9 heteroatoms. The molecule has 1 N–H and O–H groups in total. The van der Waals surface area contributed by atoms with Crippen LogP contribution in [0, 0.1) is 5.82 Å². The standard InChI is InChI=1S/C22H20FN5O3/c1-13(31-3)22(30)27(2)16-5-7-17(8-6-16)28-12-20(25-26-28)18-11-14-10-15(23)4-9-19(14)24-21(18)29/h4-13H,1-3H3,(H,24,29). The quantitative estimate of drug-likeness (QED) is 0.535. The number of hydrogen-bond acceptors (Lipinski definition) is 5. The maximum atomic E-state index is 13.5. The third-order valence-electron chi connectivity index (χ3n) is 5.11. The van der Waals surface area contributed by atoms with Gasteiger partial charge < -0.3 is 14.6 Å². The number of aromatic nitrogens is 4. The van der Waals surface area contributed by atoms with Crippen molar-refractivity contribution in [1.29, 1.82) is 0 Å². The smallest absolute Gasteiger partial charge is 0.258 e. The number of methoxy groups -OCH3 is 1. The molecular weight excluding hydrogens is 401 g/mol. The van der Waals surface area contributed by atoms with Gasteiger partial charge in [0.15, 0.2) is 0 Å². The lowest BCUT2D eigenvalue weighted by molar-refractivity contribution is -0.127. The molecule has 4 rings (SSSR count). The van der Waals surface area contributed by atoms with Crippen molar-refractivity contribution in [1.82, 2.24) is 20.0 Å². The number of pyridine rings is 1. The van der Waals surface area contributed by atoms with Crippen molar-refractivity contribution < 1.29 is 13.9 Å². The summed E-state index contributed by atoms with van der Waals surface area (Å²) in [4.78, 5) is 28.9. The monoisotopic (exact) mass is 421 g/mol. The van der Waals surface area contributed by atoms with Crippen LogP contribution in [0.3, 0.4) is 0 Å². The fraction of sp³-hybridized carbons (Fsp3) is 0.182. The number of aromatic amines is 1. The average molecular weight is 421 g/mol. The molecule has 0 saturated heterocycles. The van der Waals surface area contributed by atoms with Crippen LogP contribution in [0.5, 0.6) is 0 Å². The number of anilines is 1. The molecule has 0 radical (unpaired) electrons. The number of nitrogens with one attached hydrogen (secondary N) is 1. The van der Waals surface area contributed by atoms with Crippen LogP contribution >= 0.6 is 0 Å². The molecule has 0 spiro atoms. The summed E-state index contributed by atoms with van der Waals surface area (Å²) in [7, 11) is 3.16. The molecule has 1 atom stereocenters. The zero-order valence-corrected chi connectivity index (χ0v) is 17.2. The molecule has 0 fully saturated rings. The summed E-state index contributed by atoms with van der Waals surface area (Å²) in [6, 6.07) is 12.9. The highest BCUT2D eigenvalue weighted by Crippen LogP contribution is 2.21. The van der Waals surface area contributed by atoms with E-state index in [1.165, 1.54) is 34.9 Å². The van der Waals surface area contributed by atoms with E-state index >= 15 is 0 Å². The third kappa shape index (κ3) is 3.95. The highest BCUT2D eigenvalue weighted by atomic mass is 19.1. The van der Waals surface area contributed by atoms with Crippen LogP contribution in [0.4, 0.5) is 10.1 Å². The minimum atomic E-state index is -0.545. The van der Waals surface area contributed by atoms with E-state index in [-0.39, 0.29) is 11.5 Å². The molecule has 158 valence electrons. The summed E-state index contributed by atoms with van der Waals surface area (Å²) in [5.74, 6) is -0.553. The Morgan fingerprint density at radius 2 is 1.94 bits per heavy atom. The lowest BCUT2D eigenvalue weighted by Gasteiger charge is -2.20. The first-order valence-electron chi connectivity index (χ1n) is 9.53. The number of carbonyl (C=O) groups is 1. The zero-order chi connectivity index (χ0) is 22.1. The number of carbonyl (C=O) groups excluding carboxylic acids is 1. The summed E-state index contributed by atoms with van der Waals surface area (Å²) in [6.45, 7) is 1.69. The van der Waals surface area contributed by atoms with Crippen molar-refractivity contribution in [3.8, 4) is 16.9 Å². The molecule has 0 bridgehead atoms. The van der Waals surface area contributed by atoms with Gasteiger partial charge in [-0.05, 0) is 55.5 Å². The highest BCUT2D eigenvalue weighted by Gasteiger charge is 2.18. The topological polar surface area (TPSA) is 93.1 Å². The van der Waals surface area contributed by atoms with Gasteiger partial charge in [-0.15, -0.1) is 5.10 Å². The number of halogens is 1. The van der Waals surface area contributed by atoms with Gasteiger partial charge in [-0.25, -0.2) is 9.07 Å². The second-order valence-corrected chi connectivity index (χ2v) is 7.08. The molecule has 2 heterocycles. The Kier molecular flexibility index (Phi) is 5.35. The Morgan fingerprint density at radius 3 is 2.65 bits per heavy atom. The molecular formula is C22H20FN5O3. The fourth-order valence-electron chi connectivity index (χ4n) is 3.21. The SMILES string of the molecule is COC(C)C(=O)N(C)c1ccc(-n2cc(-c3cc4cc(F)ccc4[nH]c3=O)nn2)cc1. The van der Waals surface area contributed by atoms with E-state index in [9.17, 15) is 14.0 Å². The average Bonchev–Trinajstić information content (AvgIpc) is 3.27. The lowest BCUT2D eigenvalue weighted by atomic mass is 10.1. The van der Waals surface area contributed by atoms with Gasteiger partial charge in [0.2, 0.25) is 0 Å². The van der Waals surface area contributed by atoms with Gasteiger partial charge in [-0.1, -0.05) is 5.21 Å². The summed E-state index contributed by atoms with van der Waals surface area (Å²) in [6.07, 6.45) is 1.07. The summed E-state index contributed by atoms with van der Waals surface area (Å²) < 4.78 is 20.1. The Balaban J connectivity index is 1.62. The number of fused-ring (bicyclic) bond motifs is 1. The maximum absolute atomic E-state index is 13.5. The van der Waals surface area contributed by atoms with Crippen LogP contribution in [-0.2, 0) is 9.53 Å². The van der Waals surface area contributed by atoms with Crippen LogP contribution in [0.1, 0.15) is 6.92 Å². The van der Waals surface area contributed by atoms with Crippen molar-refractivity contribution >= 4 is 22.5 Å². The Bertz CT molecular complexity index is 1310. The van der Waals surface area contributed by atoms with Crippen molar-refractivity contribution in [3.05, 3.63) is 70.9 Å². The number of hydrogen-bond donors (Lipinski definition) is 1. The second kappa shape index (κ2) is 8.11. The van der Waals surface area contributed by atoms with Gasteiger partial charge in [-0.2, -0.15) is 0 Å². The molecule has 0 aliphatic rings. The number of H-pyrrole nitrogens is 1. The zero-order valence-electron chi connectivity index (χ0n) is 17.2. The van der Waals surface area contributed by atoms with Gasteiger partial charge in [0.25, 0.3) is 11.5 Å². The van der Waals surface area contributed by atoms with E-state index in [1.54, 1.807) is 50.5 Å². The maximum Gasteiger partial charge on any atom is 0.258 e. The van der Waals surface area contributed by atoms with Crippen LogP contribution < -0.4 is 10.5 Å². The molecule has 31 heavy (non-hydrogen) atoms. The van der Waals surface area contributed by atoms with Crippen LogP contribution in [0.15, 0.2) is 59.5 Å². The van der Waals surface area contributed by atoms with Gasteiger partial charge in [-0.3, -0.25) is 9.59 Å². The summed E-state index contributed by atoms with van der Waals surface area (Å²) in [5.41, 5.74) is 2.25. The number of likely N-dealkylation sites (N-methyl/N-ethyl adjacent to an activating group) is 1. The number of amides is 1. The van der Waals surface area contributed by atoms with E-state index in [4.69, 9.17) is 4.74 Å². The van der Waals surface area contributed by atoms with Crippen molar-refractivity contribution in [2.24, 2.45) is 0 Å². The van der Waals surface area contributed by atoms with Gasteiger partial charge in [0.05, 0.1) is 17.4 Å². The predicted octanol–water partition coefficient (Wildman–Crippen LogP) is 2.91. The van der Waals surface area contributed by atoms with E-state index in [1.807, 2.05) is 0 Å².